The number of ether oxygens (including phenoxy) is 9. The Kier molecular flexibility index (Phi) is 14.6. The van der Waals surface area contributed by atoms with Gasteiger partial charge in [0, 0.05) is 32.4 Å². The maximum atomic E-state index is 15.2. The minimum Gasteiger partial charge on any atom is -0.458 e. The first-order chi connectivity index (χ1) is 27.9. The van der Waals surface area contributed by atoms with Crippen molar-refractivity contribution < 1.29 is 71.7 Å². The topological polar surface area (TPSA) is 201 Å². The fraction of sp³-hybridized carbons (Fsp3) is 0.711. The van der Waals surface area contributed by atoms with E-state index in [9.17, 15) is 24.3 Å². The minimum absolute atomic E-state index is 0.0956. The van der Waals surface area contributed by atoms with Gasteiger partial charge in [0.05, 0.1) is 0 Å². The van der Waals surface area contributed by atoms with Crippen molar-refractivity contribution in [2.24, 2.45) is 5.92 Å². The maximum Gasteiger partial charge on any atom is 0.407 e. The summed E-state index contributed by atoms with van der Waals surface area (Å²) in [5.74, 6) is -9.06. The summed E-state index contributed by atoms with van der Waals surface area (Å²) in [5.41, 5.74) is -9.17. The lowest BCUT2D eigenvalue weighted by Gasteiger charge is -2.51. The number of aliphatic hydroxyl groups is 1. The van der Waals surface area contributed by atoms with Crippen LogP contribution >= 0.6 is 0 Å². The highest BCUT2D eigenvalue weighted by atomic mass is 16.8. The molecule has 3 aliphatic rings. The van der Waals surface area contributed by atoms with Gasteiger partial charge in [-0.3, -0.25) is 4.79 Å². The van der Waals surface area contributed by atoms with Gasteiger partial charge in [-0.05, 0) is 113 Å². The lowest BCUT2D eigenvalue weighted by molar-refractivity contribution is -0.387. The van der Waals surface area contributed by atoms with Crippen LogP contribution in [0, 0.1) is 5.92 Å². The van der Waals surface area contributed by atoms with Gasteiger partial charge in [0.1, 0.15) is 22.9 Å². The molecular formula is C45H67NO15. The number of hydrogen-bond acceptors (Lipinski definition) is 15. The van der Waals surface area contributed by atoms with E-state index in [2.05, 4.69) is 11.9 Å². The van der Waals surface area contributed by atoms with Gasteiger partial charge in [0.25, 0.3) is 5.60 Å². The molecule has 0 spiro atoms. The summed E-state index contributed by atoms with van der Waals surface area (Å²) in [6, 6.07) is 9.33. The summed E-state index contributed by atoms with van der Waals surface area (Å²) < 4.78 is 55.0. The number of hydrogen-bond donors (Lipinski definition) is 2. The van der Waals surface area contributed by atoms with E-state index in [-0.39, 0.29) is 24.8 Å². The number of rotatable bonds is 16. The second-order valence-electron chi connectivity index (χ2n) is 19.7. The Labute approximate surface area is 359 Å². The number of alkyl carbamates (subject to hydrolysis) is 1. The highest BCUT2D eigenvalue weighted by Gasteiger charge is 2.87. The highest BCUT2D eigenvalue weighted by molar-refractivity contribution is 6.00. The largest absolute Gasteiger partial charge is 0.458 e. The Morgan fingerprint density at radius 2 is 1.43 bits per heavy atom. The lowest BCUT2D eigenvalue weighted by Crippen LogP contribution is -2.79. The quantitative estimate of drug-likeness (QED) is 0.0877. The lowest BCUT2D eigenvalue weighted by atomic mass is 9.74. The summed E-state index contributed by atoms with van der Waals surface area (Å²) in [6.07, 6.45) is -6.87. The van der Waals surface area contributed by atoms with Crippen LogP contribution < -0.4 is 5.32 Å². The predicted octanol–water partition coefficient (Wildman–Crippen LogP) is 5.78. The van der Waals surface area contributed by atoms with E-state index in [0.717, 1.165) is 5.56 Å². The van der Waals surface area contributed by atoms with Crippen LogP contribution in [-0.4, -0.2) is 112 Å². The van der Waals surface area contributed by atoms with Crippen molar-refractivity contribution >= 4 is 30.0 Å². The molecule has 2 heterocycles. The Morgan fingerprint density at radius 3 is 1.93 bits per heavy atom. The molecule has 2 saturated heterocycles. The number of amides is 1. The maximum absolute atomic E-state index is 15.2. The average molecular weight is 862 g/mol. The SMILES string of the molecule is C=C(CC[C@@]12O[C@H](C(=O)OC(C)(C)C)[C@@](O)(C(=O)OC(C)(C)C)[C@@](C(=O)OC(C)(C)C)(O1)[C@H](OC(=O)NC1CC1)[C@H]2OC(C)(C)OC)C(OC(C)=O)C(C)Cc1ccccc1. The third kappa shape index (κ3) is 11.7. The van der Waals surface area contributed by atoms with Crippen molar-refractivity contribution in [1.82, 2.24) is 5.32 Å². The van der Waals surface area contributed by atoms with Crippen molar-refractivity contribution in [1.29, 1.82) is 0 Å². The standard InChI is InChI=1S/C45H67NO15/c1-26(31(54-28(3)47)27(2)25-29-19-17-16-18-20-29)23-24-43-32(56-42(13,14)53-15)33(55-38(51)46-30-21-22-30)45(61-43,37(50)60-41(10,11)12)44(52,36(49)59-40(7,8)9)34(57-43)35(48)58-39(4,5)6/h16-20,27,30-34,52H,1,21-25H2,2-15H3,(H,46,51)/t27?,31?,32-,33-,34-,43-,44-,45-/m1/s1. The van der Waals surface area contributed by atoms with Gasteiger partial charge in [0.2, 0.25) is 17.5 Å². The molecule has 8 atom stereocenters. The van der Waals surface area contributed by atoms with Gasteiger partial charge in [0.15, 0.2) is 18.0 Å². The predicted molar refractivity (Wildman–Crippen MR) is 220 cm³/mol. The number of esters is 4. The zero-order valence-electron chi connectivity index (χ0n) is 38.3. The molecule has 1 aromatic rings. The summed E-state index contributed by atoms with van der Waals surface area (Å²) >= 11 is 0. The molecule has 0 aromatic heterocycles. The molecule has 0 radical (unpaired) electrons. The Balaban J connectivity index is 2.03. The van der Waals surface area contributed by atoms with E-state index in [1.165, 1.54) is 69.4 Å². The molecule has 2 aliphatic heterocycles. The van der Waals surface area contributed by atoms with Crippen molar-refractivity contribution in [3.8, 4) is 0 Å². The van der Waals surface area contributed by atoms with Crippen molar-refractivity contribution in [3.05, 3.63) is 48.0 Å². The van der Waals surface area contributed by atoms with Crippen LogP contribution in [0.3, 0.4) is 0 Å². The number of fused-ring (bicyclic) bond motifs is 2. The van der Waals surface area contributed by atoms with Gasteiger partial charge in [-0.1, -0.05) is 43.8 Å². The second kappa shape index (κ2) is 17.9. The molecule has 1 aromatic carbocycles. The van der Waals surface area contributed by atoms with Crippen LogP contribution in [0.2, 0.25) is 0 Å². The monoisotopic (exact) mass is 861 g/mol. The first-order valence-corrected chi connectivity index (χ1v) is 20.8. The van der Waals surface area contributed by atoms with E-state index in [0.29, 0.717) is 24.8 Å². The van der Waals surface area contributed by atoms with Crippen LogP contribution in [0.1, 0.15) is 121 Å². The van der Waals surface area contributed by atoms with E-state index < -0.39 is 94.0 Å². The van der Waals surface area contributed by atoms with E-state index in [4.69, 9.17) is 42.6 Å². The molecule has 2 unspecified atom stereocenters. The molecule has 1 aliphatic carbocycles. The molecule has 61 heavy (non-hydrogen) atoms. The van der Waals surface area contributed by atoms with Crippen LogP contribution in [0.15, 0.2) is 42.5 Å². The van der Waals surface area contributed by atoms with E-state index >= 15 is 4.79 Å². The average Bonchev–Trinajstić information content (AvgIpc) is 3.90. The van der Waals surface area contributed by atoms with Gasteiger partial charge in [-0.15, -0.1) is 0 Å². The van der Waals surface area contributed by atoms with E-state index in [1.54, 1.807) is 20.8 Å². The summed E-state index contributed by atoms with van der Waals surface area (Å²) in [7, 11) is 1.34. The van der Waals surface area contributed by atoms with Crippen molar-refractivity contribution in [2.45, 2.75) is 192 Å². The minimum atomic E-state index is -3.49. The first-order valence-electron chi connectivity index (χ1n) is 20.8. The molecule has 16 heteroatoms. The number of benzene rings is 1. The third-order valence-corrected chi connectivity index (χ3v) is 10.2. The molecule has 1 saturated carbocycles. The summed E-state index contributed by atoms with van der Waals surface area (Å²) in [6.45, 7) is 24.3. The molecule has 2 N–H and O–H groups in total. The molecular weight excluding hydrogens is 794 g/mol. The normalized spacial score (nSPS) is 27.6. The van der Waals surface area contributed by atoms with Crippen LogP contribution in [0.25, 0.3) is 0 Å². The fourth-order valence-corrected chi connectivity index (χ4v) is 7.35. The Bertz CT molecular complexity index is 1790. The molecule has 2 bridgehead atoms. The fourth-order valence-electron chi connectivity index (χ4n) is 7.35. The van der Waals surface area contributed by atoms with Gasteiger partial charge in [-0.25, -0.2) is 19.2 Å². The van der Waals surface area contributed by atoms with Gasteiger partial charge in [-0.2, -0.15) is 0 Å². The van der Waals surface area contributed by atoms with Crippen LogP contribution in [-0.2, 0) is 68.2 Å². The van der Waals surface area contributed by atoms with Gasteiger partial charge >= 0.3 is 30.0 Å². The van der Waals surface area contributed by atoms with Gasteiger partial charge < -0.3 is 53.1 Å². The molecule has 4 rings (SSSR count). The molecule has 16 nitrogen and oxygen atoms in total. The van der Waals surface area contributed by atoms with Crippen LogP contribution in [0.5, 0.6) is 0 Å². The first kappa shape index (κ1) is 49.6. The Morgan fingerprint density at radius 1 is 0.869 bits per heavy atom. The molecule has 1 amide bonds. The summed E-state index contributed by atoms with van der Waals surface area (Å²) in [5, 5.41) is 16.0. The number of methoxy groups -OCH3 is 1. The van der Waals surface area contributed by atoms with Crippen molar-refractivity contribution in [3.63, 3.8) is 0 Å². The third-order valence-electron chi connectivity index (χ3n) is 10.2. The van der Waals surface area contributed by atoms with Crippen LogP contribution in [0.4, 0.5) is 4.79 Å². The second-order valence-corrected chi connectivity index (χ2v) is 19.7. The molecule has 3 fully saturated rings. The zero-order chi connectivity index (χ0) is 46.1. The number of nitrogens with one attached hydrogen (secondary N) is 1. The number of carbonyl (C=O) groups is 5. The smallest absolute Gasteiger partial charge is 0.407 e. The molecule has 342 valence electrons. The zero-order valence-corrected chi connectivity index (χ0v) is 38.3. The van der Waals surface area contributed by atoms with E-state index in [1.807, 2.05) is 37.3 Å². The Hall–Kier alpha value is -4.09. The van der Waals surface area contributed by atoms with Crippen molar-refractivity contribution in [2.75, 3.05) is 7.11 Å². The summed E-state index contributed by atoms with van der Waals surface area (Å²) in [4.78, 5) is 71.0. The highest BCUT2D eigenvalue weighted by Crippen LogP contribution is 2.59. The number of carbonyl (C=O) groups excluding carboxylic acids is 5.